The van der Waals surface area contributed by atoms with Gasteiger partial charge in [0.25, 0.3) is 5.91 Å². The van der Waals surface area contributed by atoms with Gasteiger partial charge < -0.3 is 78.6 Å². The van der Waals surface area contributed by atoms with Gasteiger partial charge in [0.2, 0.25) is 53.2 Å². The molecular formula is C61H93F2N17O12S. The number of nitrogens with zero attached hydrogens (tertiary/aromatic N) is 7. The topological polar surface area (TPSA) is 403 Å². The first-order chi connectivity index (χ1) is 44.2. The number of fused-ring (bicyclic) bond motifs is 6. The fraction of sp³-hybridized carbons (Fsp3) is 0.590. The molecule has 1 saturated heterocycles. The third kappa shape index (κ3) is 26.5. The van der Waals surface area contributed by atoms with Gasteiger partial charge in [-0.25, -0.2) is 23.0 Å². The first-order valence-electron chi connectivity index (χ1n) is 31.2. The number of halogens is 2. The van der Waals surface area contributed by atoms with E-state index in [1.165, 1.54) is 23.3 Å². The molecule has 93 heavy (non-hydrogen) atoms. The van der Waals surface area contributed by atoms with Crippen molar-refractivity contribution in [3.63, 3.8) is 0 Å². The SMILES string of the molecule is CC(C)[C@H](NC(=O)[C@@H]1CCCN1C(=O)C(CC(N)=O)NC(=O)CN(C)CCN(C)CCN(C)CCNC(=O)CCCC(=O)NC(CCC(=O)NCCN)C(=O)NCCN)C(=O)N=[S@@](C)(=O)Cc1cc2cc(c1)OCCCCOc1cc(F)ccc1-c1nc(ncc1F)N2. The van der Waals surface area contributed by atoms with Gasteiger partial charge in [0.15, 0.2) is 5.82 Å². The Morgan fingerprint density at radius 2 is 1.42 bits per heavy atom. The minimum Gasteiger partial charge on any atom is -0.494 e. The molecule has 5 rings (SSSR count). The summed E-state index contributed by atoms with van der Waals surface area (Å²) in [6, 6.07) is 3.90. The average molecular weight is 1330 g/mol. The second kappa shape index (κ2) is 38.2. The number of rotatable bonds is 34. The molecule has 514 valence electrons. The largest absolute Gasteiger partial charge is 0.494 e. The number of carbonyl (C=O) groups excluding carboxylic acids is 9. The molecule has 0 spiro atoms. The number of likely N-dealkylation sites (N-methyl/N-ethyl adjacent to an activating group) is 3. The molecule has 2 unspecified atom stereocenters. The minimum atomic E-state index is -3.37. The molecule has 32 heteroatoms. The summed E-state index contributed by atoms with van der Waals surface area (Å²) in [5.74, 6) is -6.83. The van der Waals surface area contributed by atoms with Gasteiger partial charge in [-0.05, 0) is 95.4 Å². The fourth-order valence-electron chi connectivity index (χ4n) is 10.1. The standard InChI is InChI=1S/C61H93F2N17O12S/c1-39(2)55(59(88)76-93(6,90)38-40-31-42-34-43(32-40)91-29-7-8-30-92-49-33-41(62)14-15-44(49)56-45(63)36-70-61(71-42)75-56)74-58(87)48-11-10-23-80(48)60(89)47(35-50(66)81)73-54(85)37-79(5)28-27-78(4)26-25-77(3)24-22-68-51(82)12-9-13-53(84)72-46(57(86)69-21-19-65)16-17-52(83)67-20-18-64/h14-15,31-34,36,39,46-48,55H,7-13,16-30,35,37-38,64-65H2,1-6H3,(H2,66,81)(H,67,83)(H,68,82)(H,69,86)(H,72,84)(H,73,85)(H,74,87)(H,70,71,75)/t46?,47?,48-,55-,93-/m0/s1. The second-order valence-corrected chi connectivity index (χ2v) is 26.0. The van der Waals surface area contributed by atoms with E-state index in [9.17, 15) is 51.8 Å². The van der Waals surface area contributed by atoms with Crippen LogP contribution in [0.5, 0.6) is 11.5 Å². The molecule has 5 atom stereocenters. The Labute approximate surface area is 542 Å². The minimum absolute atomic E-state index is 0.00145. The predicted octanol–water partition coefficient (Wildman–Crippen LogP) is -0.170. The van der Waals surface area contributed by atoms with Crippen LogP contribution in [0.15, 0.2) is 47.0 Å². The van der Waals surface area contributed by atoms with E-state index in [2.05, 4.69) is 56.4 Å². The highest BCUT2D eigenvalue weighted by atomic mass is 32.2. The van der Waals surface area contributed by atoms with Crippen molar-refractivity contribution < 1.29 is 65.6 Å². The van der Waals surface area contributed by atoms with E-state index in [-0.39, 0.29) is 125 Å². The van der Waals surface area contributed by atoms with E-state index in [1.807, 2.05) is 19.0 Å². The van der Waals surface area contributed by atoms with E-state index in [4.69, 9.17) is 26.7 Å². The highest BCUT2D eigenvalue weighted by molar-refractivity contribution is 7.92. The number of nitrogens with one attached hydrogen (secondary N) is 7. The van der Waals surface area contributed by atoms with Crippen LogP contribution >= 0.6 is 0 Å². The molecule has 2 aromatic carbocycles. The number of amides is 9. The lowest BCUT2D eigenvalue weighted by Gasteiger charge is -2.30. The summed E-state index contributed by atoms with van der Waals surface area (Å²) < 4.78 is 59.8. The predicted molar refractivity (Wildman–Crippen MR) is 344 cm³/mol. The van der Waals surface area contributed by atoms with Crippen molar-refractivity contribution in [3.05, 3.63) is 59.8 Å². The van der Waals surface area contributed by atoms with Gasteiger partial charge in [0.05, 0.1) is 47.9 Å². The van der Waals surface area contributed by atoms with Crippen LogP contribution in [0.3, 0.4) is 0 Å². The van der Waals surface area contributed by atoms with Crippen molar-refractivity contribution in [2.75, 3.05) is 124 Å². The van der Waals surface area contributed by atoms with Crippen LogP contribution in [0, 0.1) is 17.6 Å². The second-order valence-electron chi connectivity index (χ2n) is 23.6. The Morgan fingerprint density at radius 1 is 0.774 bits per heavy atom. The molecule has 0 aliphatic carbocycles. The van der Waals surface area contributed by atoms with E-state index in [0.717, 1.165) is 12.3 Å². The van der Waals surface area contributed by atoms with Crippen molar-refractivity contribution in [3.8, 4) is 22.8 Å². The zero-order valence-corrected chi connectivity index (χ0v) is 54.8. The van der Waals surface area contributed by atoms with Crippen molar-refractivity contribution in [2.45, 2.75) is 108 Å². The Bertz CT molecular complexity index is 3190. The van der Waals surface area contributed by atoms with Gasteiger partial charge in [0.1, 0.15) is 47.2 Å². The van der Waals surface area contributed by atoms with E-state index < -0.39 is 99.2 Å². The quantitative estimate of drug-likeness (QED) is 0.0371. The normalized spacial score (nSPS) is 15.5. The van der Waals surface area contributed by atoms with Crippen molar-refractivity contribution in [2.24, 2.45) is 27.5 Å². The molecule has 13 N–H and O–H groups in total. The van der Waals surface area contributed by atoms with Crippen molar-refractivity contribution in [1.82, 2.24) is 61.5 Å². The number of anilines is 2. The monoisotopic (exact) mass is 1330 g/mol. The van der Waals surface area contributed by atoms with Crippen LogP contribution in [0.4, 0.5) is 20.4 Å². The van der Waals surface area contributed by atoms with Gasteiger partial charge in [-0.15, -0.1) is 0 Å². The number of benzene rings is 2. The number of aromatic nitrogens is 2. The third-order valence-corrected chi connectivity index (χ3v) is 16.5. The summed E-state index contributed by atoms with van der Waals surface area (Å²) in [7, 11) is 2.17. The number of nitrogens with two attached hydrogens (primary N) is 3. The van der Waals surface area contributed by atoms with Crippen LogP contribution in [0.25, 0.3) is 11.3 Å². The van der Waals surface area contributed by atoms with Crippen LogP contribution in [0.2, 0.25) is 0 Å². The summed E-state index contributed by atoms with van der Waals surface area (Å²) in [5, 5.41) is 19.1. The summed E-state index contributed by atoms with van der Waals surface area (Å²) in [4.78, 5) is 133. The van der Waals surface area contributed by atoms with Crippen molar-refractivity contribution >= 4 is 74.5 Å². The lowest BCUT2D eigenvalue weighted by Crippen LogP contribution is -2.57. The average Bonchev–Trinajstić information content (AvgIpc) is 1.70. The van der Waals surface area contributed by atoms with E-state index >= 15 is 4.39 Å². The maximum absolute atomic E-state index is 15.2. The van der Waals surface area contributed by atoms with E-state index in [1.54, 1.807) is 44.0 Å². The maximum Gasteiger partial charge on any atom is 0.276 e. The number of primary amides is 1. The molecule has 0 radical (unpaired) electrons. The summed E-state index contributed by atoms with van der Waals surface area (Å²) in [5.41, 5.74) is 17.4. The highest BCUT2D eigenvalue weighted by Crippen LogP contribution is 2.33. The molecule has 2 aliphatic rings. The first-order valence-corrected chi connectivity index (χ1v) is 33.3. The lowest BCUT2D eigenvalue weighted by atomic mass is 10.0. The third-order valence-electron chi connectivity index (χ3n) is 15.0. The van der Waals surface area contributed by atoms with Crippen molar-refractivity contribution in [1.29, 1.82) is 0 Å². The molecule has 2 aliphatic heterocycles. The van der Waals surface area contributed by atoms with Crippen LogP contribution in [0.1, 0.15) is 83.6 Å². The molecule has 3 aromatic rings. The molecule has 4 bridgehead atoms. The van der Waals surface area contributed by atoms with Crippen LogP contribution < -0.4 is 63.9 Å². The molecule has 9 amide bonds. The fourth-order valence-corrected chi connectivity index (χ4v) is 11.4. The molecule has 3 heterocycles. The summed E-state index contributed by atoms with van der Waals surface area (Å²) in [6.07, 6.45) is 3.75. The lowest BCUT2D eigenvalue weighted by molar-refractivity contribution is -0.143. The molecule has 1 fully saturated rings. The number of hydrogen-bond acceptors (Lipinski definition) is 20. The molecule has 29 nitrogen and oxygen atoms in total. The van der Waals surface area contributed by atoms with Gasteiger partial charge >= 0.3 is 0 Å². The molecule has 0 saturated carbocycles. The highest BCUT2D eigenvalue weighted by Gasteiger charge is 2.40. The van der Waals surface area contributed by atoms with Gasteiger partial charge in [-0.3, -0.25) is 48.1 Å². The van der Waals surface area contributed by atoms with Gasteiger partial charge in [-0.1, -0.05) is 13.8 Å². The maximum atomic E-state index is 15.2. The van der Waals surface area contributed by atoms with Gasteiger partial charge in [-0.2, -0.15) is 4.36 Å². The summed E-state index contributed by atoms with van der Waals surface area (Å²) >= 11 is 0. The summed E-state index contributed by atoms with van der Waals surface area (Å²) in [6.45, 7) is 7.89. The molecular weight excluding hydrogens is 1230 g/mol. The van der Waals surface area contributed by atoms with Crippen LogP contribution in [-0.4, -0.2) is 230 Å². The zero-order chi connectivity index (χ0) is 68.2. The Balaban J connectivity index is 1.08. The Morgan fingerprint density at radius 3 is 2.12 bits per heavy atom. The number of hydrogen-bond donors (Lipinski definition) is 10. The Hall–Kier alpha value is -8.04. The Kier molecular flexibility index (Phi) is 31.1. The van der Waals surface area contributed by atoms with Crippen LogP contribution in [-0.2, 0) is 58.6 Å². The number of carbonyl (C=O) groups is 9. The number of ether oxygens (including phenoxy) is 2. The zero-order valence-electron chi connectivity index (χ0n) is 54.0. The van der Waals surface area contributed by atoms with Gasteiger partial charge in [0, 0.05) is 121 Å². The van der Waals surface area contributed by atoms with E-state index in [0.29, 0.717) is 82.1 Å². The first kappa shape index (κ1) is 75.7. The number of likely N-dealkylation sites (tertiary alicyclic amines) is 1. The smallest absolute Gasteiger partial charge is 0.276 e. The molecule has 1 aromatic heterocycles.